The normalized spacial score (nSPS) is 12.9. The summed E-state index contributed by atoms with van der Waals surface area (Å²) in [6.07, 6.45) is 0. The van der Waals surface area contributed by atoms with Crippen LogP contribution in [0.5, 0.6) is 17.2 Å². The van der Waals surface area contributed by atoms with Gasteiger partial charge in [0.1, 0.15) is 28.9 Å². The van der Waals surface area contributed by atoms with Gasteiger partial charge >= 0.3 is 5.97 Å². The van der Waals surface area contributed by atoms with Gasteiger partial charge in [-0.05, 0) is 25.1 Å². The highest BCUT2D eigenvalue weighted by Crippen LogP contribution is 2.48. The lowest BCUT2D eigenvalue weighted by molar-refractivity contribution is -0.130. The minimum Gasteiger partial charge on any atom is -0.456 e. The van der Waals surface area contributed by atoms with Gasteiger partial charge in [-0.15, -0.1) is 0 Å². The van der Waals surface area contributed by atoms with Crippen LogP contribution in [0.1, 0.15) is 18.1 Å². The summed E-state index contributed by atoms with van der Waals surface area (Å²) in [6.45, 7) is 4.62. The minimum atomic E-state index is -0.796. The molecule has 0 aliphatic carbocycles. The predicted molar refractivity (Wildman–Crippen MR) is 107 cm³/mol. The Morgan fingerprint density at radius 3 is 2.53 bits per heavy atom. The highest BCUT2D eigenvalue weighted by Gasteiger charge is 2.31. The van der Waals surface area contributed by atoms with Crippen LogP contribution in [0.4, 0.5) is 0 Å². The van der Waals surface area contributed by atoms with Crippen LogP contribution < -0.4 is 20.5 Å². The fourth-order valence-corrected chi connectivity index (χ4v) is 2.87. The van der Waals surface area contributed by atoms with Crippen LogP contribution in [-0.4, -0.2) is 24.3 Å². The van der Waals surface area contributed by atoms with E-state index < -0.39 is 24.3 Å². The topological polar surface area (TPSA) is 132 Å². The number of nitrogens with one attached hydrogen (secondary N) is 1. The van der Waals surface area contributed by atoms with Crippen molar-refractivity contribution in [3.8, 4) is 23.3 Å². The van der Waals surface area contributed by atoms with E-state index in [4.69, 9.17) is 15.2 Å². The Morgan fingerprint density at radius 1 is 1.17 bits per heavy atom. The first-order valence-corrected chi connectivity index (χ1v) is 8.82. The van der Waals surface area contributed by atoms with Gasteiger partial charge in [-0.25, -0.2) is 4.79 Å². The van der Waals surface area contributed by atoms with Gasteiger partial charge in [0.25, 0.3) is 5.91 Å². The molecule has 1 aliphatic heterocycles. The second-order valence-electron chi connectivity index (χ2n) is 6.41. The zero-order valence-electron chi connectivity index (χ0n) is 16.0. The Kier molecular flexibility index (Phi) is 5.65. The summed E-state index contributed by atoms with van der Waals surface area (Å²) in [5.41, 5.74) is 5.90. The Morgan fingerprint density at radius 2 is 1.87 bits per heavy atom. The van der Waals surface area contributed by atoms with Gasteiger partial charge < -0.3 is 20.5 Å². The van der Waals surface area contributed by atoms with E-state index in [0.29, 0.717) is 17.1 Å². The molecule has 0 saturated heterocycles. The number of nitrogens with zero attached hydrogens (tertiary/aromatic N) is 1. The molecule has 0 atom stereocenters. The fraction of sp³-hybridized carbons (Fsp3) is 0.0909. The first-order chi connectivity index (χ1) is 14.3. The zero-order valence-corrected chi connectivity index (χ0v) is 16.0. The van der Waals surface area contributed by atoms with E-state index in [1.54, 1.807) is 36.4 Å². The van der Waals surface area contributed by atoms with E-state index in [0.717, 1.165) is 0 Å². The number of hydrogen-bond acceptors (Lipinski definition) is 6. The highest BCUT2D eigenvalue weighted by atomic mass is 16.5. The molecule has 150 valence electrons. The first kappa shape index (κ1) is 20.4. The number of carbonyl (C=O) groups excluding carboxylic acids is 3. The molecule has 0 spiro atoms. The van der Waals surface area contributed by atoms with Crippen molar-refractivity contribution in [3.63, 3.8) is 0 Å². The first-order valence-electron chi connectivity index (χ1n) is 8.82. The van der Waals surface area contributed by atoms with Gasteiger partial charge in [0, 0.05) is 16.7 Å². The van der Waals surface area contributed by atoms with Crippen molar-refractivity contribution in [3.05, 3.63) is 71.3 Å². The Labute approximate surface area is 172 Å². The third kappa shape index (κ3) is 3.91. The van der Waals surface area contributed by atoms with Gasteiger partial charge in [-0.2, -0.15) is 5.26 Å². The van der Waals surface area contributed by atoms with E-state index in [2.05, 4.69) is 11.9 Å². The molecule has 0 aromatic heterocycles. The summed E-state index contributed by atoms with van der Waals surface area (Å²) in [6, 6.07) is 13.5. The number of primary amides is 1. The van der Waals surface area contributed by atoms with E-state index in [-0.39, 0.29) is 28.0 Å². The lowest BCUT2D eigenvalue weighted by atomic mass is 9.89. The Hall–Kier alpha value is -4.38. The quantitative estimate of drug-likeness (QED) is 0.291. The van der Waals surface area contributed by atoms with Gasteiger partial charge in [-0.3, -0.25) is 9.59 Å². The lowest BCUT2D eigenvalue weighted by Crippen LogP contribution is -2.34. The number of hydrogen-bond donors (Lipinski definition) is 2. The van der Waals surface area contributed by atoms with Crippen LogP contribution in [-0.2, 0) is 14.4 Å². The maximum absolute atomic E-state index is 12.7. The van der Waals surface area contributed by atoms with E-state index in [1.807, 2.05) is 6.07 Å². The molecule has 2 aromatic carbocycles. The smallest absolute Gasteiger partial charge is 0.338 e. The van der Waals surface area contributed by atoms with Crippen molar-refractivity contribution in [1.82, 2.24) is 5.32 Å². The molecule has 0 fully saturated rings. The molecule has 0 radical (unpaired) electrons. The Bertz CT molecular complexity index is 1160. The Balaban J connectivity index is 2.26. The minimum absolute atomic E-state index is 0.0976. The summed E-state index contributed by atoms with van der Waals surface area (Å²) in [7, 11) is 0. The van der Waals surface area contributed by atoms with Crippen molar-refractivity contribution in [2.75, 3.05) is 6.54 Å². The molecule has 0 unspecified atom stereocenters. The van der Waals surface area contributed by atoms with Crippen LogP contribution in [0.25, 0.3) is 5.57 Å². The predicted octanol–water partition coefficient (Wildman–Crippen LogP) is 2.20. The standard InChI is InChI=1S/C22H17N3O5/c1-12(2)22(28)30-17-9-5-8-16-20(17)19(13-6-3-4-7-15(13)29-16)14(10-23)21(27)25-11-18(24)26/h3-9H,1,11H2,2H3,(H2,24,26)(H,25,27). The van der Waals surface area contributed by atoms with Crippen LogP contribution in [0, 0.1) is 11.3 Å². The fourth-order valence-electron chi connectivity index (χ4n) is 2.87. The number of para-hydroxylation sites is 1. The van der Waals surface area contributed by atoms with E-state index >= 15 is 0 Å². The van der Waals surface area contributed by atoms with E-state index in [1.165, 1.54) is 13.0 Å². The largest absolute Gasteiger partial charge is 0.456 e. The third-order valence-corrected chi connectivity index (χ3v) is 4.18. The molecule has 0 saturated carbocycles. The molecule has 1 heterocycles. The number of amides is 2. The average molecular weight is 403 g/mol. The van der Waals surface area contributed by atoms with Gasteiger partial charge in [0.05, 0.1) is 12.1 Å². The van der Waals surface area contributed by atoms with Crippen molar-refractivity contribution in [2.24, 2.45) is 5.73 Å². The van der Waals surface area contributed by atoms with Crippen molar-refractivity contribution in [1.29, 1.82) is 5.26 Å². The zero-order chi connectivity index (χ0) is 21.8. The summed E-state index contributed by atoms with van der Waals surface area (Å²) in [5, 5.41) is 12.1. The molecule has 8 heteroatoms. The highest BCUT2D eigenvalue weighted by molar-refractivity contribution is 6.11. The van der Waals surface area contributed by atoms with Crippen LogP contribution >= 0.6 is 0 Å². The lowest BCUT2D eigenvalue weighted by Gasteiger charge is -2.25. The number of nitriles is 1. The SMILES string of the molecule is C=C(C)C(=O)Oc1cccc2c1C(=C(C#N)C(=O)NCC(N)=O)c1ccccc1O2. The van der Waals surface area contributed by atoms with Gasteiger partial charge in [0.15, 0.2) is 0 Å². The van der Waals surface area contributed by atoms with Gasteiger partial charge in [-0.1, -0.05) is 30.8 Å². The molecule has 30 heavy (non-hydrogen) atoms. The molecule has 1 aliphatic rings. The number of fused-ring (bicyclic) bond motifs is 2. The summed E-state index contributed by atoms with van der Waals surface area (Å²) in [5.74, 6) is -1.41. The second-order valence-corrected chi connectivity index (χ2v) is 6.41. The molecule has 2 aromatic rings. The number of nitrogens with two attached hydrogens (primary N) is 1. The van der Waals surface area contributed by atoms with Crippen molar-refractivity contribution >= 4 is 23.4 Å². The molecule has 0 bridgehead atoms. The number of ether oxygens (including phenoxy) is 2. The number of benzene rings is 2. The molecule has 3 N–H and O–H groups in total. The van der Waals surface area contributed by atoms with Crippen LogP contribution in [0.3, 0.4) is 0 Å². The molecule has 2 amide bonds. The maximum atomic E-state index is 12.7. The van der Waals surface area contributed by atoms with Crippen molar-refractivity contribution in [2.45, 2.75) is 6.92 Å². The number of rotatable bonds is 5. The number of esters is 1. The number of carbonyl (C=O) groups is 3. The molecular formula is C22H17N3O5. The van der Waals surface area contributed by atoms with Crippen LogP contribution in [0.15, 0.2) is 60.2 Å². The average Bonchev–Trinajstić information content (AvgIpc) is 2.72. The van der Waals surface area contributed by atoms with Gasteiger partial charge in [0.2, 0.25) is 5.91 Å². The monoisotopic (exact) mass is 403 g/mol. The molecule has 8 nitrogen and oxygen atoms in total. The van der Waals surface area contributed by atoms with Crippen molar-refractivity contribution < 1.29 is 23.9 Å². The second kappa shape index (κ2) is 8.32. The maximum Gasteiger partial charge on any atom is 0.338 e. The molecule has 3 rings (SSSR count). The summed E-state index contributed by atoms with van der Waals surface area (Å²) >= 11 is 0. The third-order valence-electron chi connectivity index (χ3n) is 4.18. The summed E-state index contributed by atoms with van der Waals surface area (Å²) < 4.78 is 11.3. The van der Waals surface area contributed by atoms with E-state index in [9.17, 15) is 19.6 Å². The summed E-state index contributed by atoms with van der Waals surface area (Å²) in [4.78, 5) is 35.9. The van der Waals surface area contributed by atoms with Crippen LogP contribution in [0.2, 0.25) is 0 Å². The molecular weight excluding hydrogens is 386 g/mol.